The first-order valence-corrected chi connectivity index (χ1v) is 10.9. The van der Waals surface area contributed by atoms with Gasteiger partial charge in [0.05, 0.1) is 5.69 Å². The number of halogens is 3. The van der Waals surface area contributed by atoms with Gasteiger partial charge in [0.1, 0.15) is 17.9 Å². The second-order valence-electron chi connectivity index (χ2n) is 7.79. The molecule has 1 amide bonds. The van der Waals surface area contributed by atoms with Crippen LogP contribution in [0.1, 0.15) is 17.3 Å². The maximum Gasteiger partial charge on any atom is 0.573 e. The monoisotopic (exact) mass is 471 g/mol. The number of benzene rings is 2. The molecule has 1 aliphatic heterocycles. The summed E-state index contributed by atoms with van der Waals surface area (Å²) in [6.07, 6.45) is -3.35. The fourth-order valence-corrected chi connectivity index (χ4v) is 3.73. The van der Waals surface area contributed by atoms with Crippen molar-refractivity contribution in [3.63, 3.8) is 0 Å². The summed E-state index contributed by atoms with van der Waals surface area (Å²) in [7, 11) is 0. The van der Waals surface area contributed by atoms with Crippen LogP contribution >= 0.6 is 0 Å². The van der Waals surface area contributed by atoms with Crippen molar-refractivity contribution in [2.45, 2.75) is 13.3 Å². The Bertz CT molecular complexity index is 1130. The van der Waals surface area contributed by atoms with Gasteiger partial charge in [-0.1, -0.05) is 19.1 Å². The molecule has 0 atom stereocenters. The van der Waals surface area contributed by atoms with Gasteiger partial charge in [0.25, 0.3) is 5.91 Å². The number of alkyl halides is 3. The molecule has 7 nitrogen and oxygen atoms in total. The molecule has 1 N–H and O–H groups in total. The average Bonchev–Trinajstić information content (AvgIpc) is 2.84. The standard InChI is InChI=1S/C24H24F3N5O2/c1-2-31-10-12-32(13-11-31)23(33)18-5-3-4-17(14-18)21-15-22(29-16-28-21)30-19-6-8-20(9-7-19)34-24(25,26)27/h3-9,14-16H,2,10-13H2,1H3,(H,28,29,30). The van der Waals surface area contributed by atoms with Crippen molar-refractivity contribution in [2.75, 3.05) is 38.0 Å². The lowest BCUT2D eigenvalue weighted by molar-refractivity contribution is -0.274. The molecule has 178 valence electrons. The summed E-state index contributed by atoms with van der Waals surface area (Å²) in [5, 5.41) is 3.04. The summed E-state index contributed by atoms with van der Waals surface area (Å²) < 4.78 is 40.9. The zero-order chi connectivity index (χ0) is 24.1. The number of ether oxygens (including phenoxy) is 1. The first-order valence-electron chi connectivity index (χ1n) is 10.9. The fraction of sp³-hybridized carbons (Fsp3) is 0.292. The fourth-order valence-electron chi connectivity index (χ4n) is 3.73. The number of amides is 1. The Morgan fingerprint density at radius 2 is 1.76 bits per heavy atom. The van der Waals surface area contributed by atoms with Crippen LogP contribution in [0.25, 0.3) is 11.3 Å². The smallest absolute Gasteiger partial charge is 0.406 e. The van der Waals surface area contributed by atoms with E-state index in [0.717, 1.165) is 25.2 Å². The molecule has 10 heteroatoms. The number of rotatable bonds is 6. The lowest BCUT2D eigenvalue weighted by atomic mass is 10.1. The molecule has 34 heavy (non-hydrogen) atoms. The van der Waals surface area contributed by atoms with Crippen molar-refractivity contribution in [3.05, 3.63) is 66.5 Å². The van der Waals surface area contributed by atoms with Crippen molar-refractivity contribution in [3.8, 4) is 17.0 Å². The normalized spacial score (nSPS) is 14.6. The van der Waals surface area contributed by atoms with E-state index in [1.165, 1.54) is 30.6 Å². The van der Waals surface area contributed by atoms with Crippen molar-refractivity contribution >= 4 is 17.4 Å². The van der Waals surface area contributed by atoms with Gasteiger partial charge in [0, 0.05) is 49.1 Å². The Morgan fingerprint density at radius 1 is 1.03 bits per heavy atom. The first kappa shape index (κ1) is 23.5. The Hall–Kier alpha value is -3.66. The van der Waals surface area contributed by atoms with E-state index in [1.54, 1.807) is 12.1 Å². The molecule has 1 aliphatic rings. The predicted molar refractivity (Wildman–Crippen MR) is 122 cm³/mol. The molecule has 1 aromatic heterocycles. The lowest BCUT2D eigenvalue weighted by Gasteiger charge is -2.34. The zero-order valence-corrected chi connectivity index (χ0v) is 18.5. The number of carbonyl (C=O) groups excluding carboxylic acids is 1. The first-order chi connectivity index (χ1) is 16.3. The second-order valence-corrected chi connectivity index (χ2v) is 7.79. The van der Waals surface area contributed by atoms with Gasteiger partial charge in [-0.2, -0.15) is 0 Å². The second kappa shape index (κ2) is 10.1. The zero-order valence-electron chi connectivity index (χ0n) is 18.5. The Kier molecular flexibility index (Phi) is 6.97. The summed E-state index contributed by atoms with van der Waals surface area (Å²) >= 11 is 0. The van der Waals surface area contributed by atoms with Crippen molar-refractivity contribution in [1.82, 2.24) is 19.8 Å². The molecule has 0 spiro atoms. The highest BCUT2D eigenvalue weighted by Crippen LogP contribution is 2.26. The Balaban J connectivity index is 1.46. The molecule has 0 radical (unpaired) electrons. The number of carbonyl (C=O) groups is 1. The molecule has 0 unspecified atom stereocenters. The number of piperazine rings is 1. The number of likely N-dealkylation sites (N-methyl/N-ethyl adjacent to an activating group) is 1. The third-order valence-electron chi connectivity index (χ3n) is 5.54. The average molecular weight is 471 g/mol. The van der Waals surface area contributed by atoms with Crippen molar-refractivity contribution in [2.24, 2.45) is 0 Å². The van der Waals surface area contributed by atoms with E-state index in [0.29, 0.717) is 35.9 Å². The largest absolute Gasteiger partial charge is 0.573 e. The Morgan fingerprint density at radius 3 is 2.44 bits per heavy atom. The molecule has 1 fully saturated rings. The number of hydrogen-bond donors (Lipinski definition) is 1. The van der Waals surface area contributed by atoms with E-state index in [4.69, 9.17) is 0 Å². The minimum atomic E-state index is -4.74. The maximum absolute atomic E-state index is 13.0. The molecule has 3 aromatic rings. The van der Waals surface area contributed by atoms with E-state index in [-0.39, 0.29) is 11.7 Å². The third-order valence-corrected chi connectivity index (χ3v) is 5.54. The summed E-state index contributed by atoms with van der Waals surface area (Å²) in [4.78, 5) is 25.6. The topological polar surface area (TPSA) is 70.6 Å². The molecule has 0 aliphatic carbocycles. The van der Waals surface area contributed by atoms with Gasteiger partial charge in [-0.15, -0.1) is 13.2 Å². The summed E-state index contributed by atoms with van der Waals surface area (Å²) in [5.74, 6) is 0.145. The van der Waals surface area contributed by atoms with E-state index in [2.05, 4.69) is 31.8 Å². The van der Waals surface area contributed by atoms with Gasteiger partial charge in [-0.25, -0.2) is 9.97 Å². The number of hydrogen-bond acceptors (Lipinski definition) is 6. The van der Waals surface area contributed by atoms with Crippen molar-refractivity contribution < 1.29 is 22.7 Å². The minimum absolute atomic E-state index is 0.00817. The van der Waals surface area contributed by atoms with Crippen LogP contribution in [0.3, 0.4) is 0 Å². The molecular weight excluding hydrogens is 447 g/mol. The highest BCUT2D eigenvalue weighted by molar-refractivity contribution is 5.95. The van der Waals surface area contributed by atoms with Crippen LogP contribution in [-0.4, -0.2) is 64.8 Å². The van der Waals surface area contributed by atoms with Crippen LogP contribution < -0.4 is 10.1 Å². The predicted octanol–water partition coefficient (Wildman–Crippen LogP) is 4.56. The third kappa shape index (κ3) is 6.02. The van der Waals surface area contributed by atoms with E-state index < -0.39 is 6.36 Å². The SMILES string of the molecule is CCN1CCN(C(=O)c2cccc(-c3cc(Nc4ccc(OC(F)(F)F)cc4)ncn3)c2)CC1. The van der Waals surface area contributed by atoms with Gasteiger partial charge in [0.15, 0.2) is 0 Å². The molecule has 0 bridgehead atoms. The summed E-state index contributed by atoms with van der Waals surface area (Å²) in [5.41, 5.74) is 2.50. The van der Waals surface area contributed by atoms with Crippen LogP contribution in [0.15, 0.2) is 60.9 Å². The lowest BCUT2D eigenvalue weighted by Crippen LogP contribution is -2.48. The maximum atomic E-state index is 13.0. The van der Waals surface area contributed by atoms with Gasteiger partial charge in [-0.3, -0.25) is 4.79 Å². The van der Waals surface area contributed by atoms with Crippen molar-refractivity contribution in [1.29, 1.82) is 0 Å². The summed E-state index contributed by atoms with van der Waals surface area (Å²) in [6.45, 7) is 6.23. The number of anilines is 2. The highest BCUT2D eigenvalue weighted by Gasteiger charge is 2.31. The molecule has 1 saturated heterocycles. The Labute approximate surface area is 195 Å². The van der Waals surface area contributed by atoms with E-state index in [1.807, 2.05) is 23.1 Å². The summed E-state index contributed by atoms with van der Waals surface area (Å²) in [6, 6.07) is 14.3. The van der Waals surface area contributed by atoms with E-state index in [9.17, 15) is 18.0 Å². The van der Waals surface area contributed by atoms with Gasteiger partial charge in [-0.05, 0) is 42.9 Å². The highest BCUT2D eigenvalue weighted by atomic mass is 19.4. The van der Waals surface area contributed by atoms with Gasteiger partial charge < -0.3 is 19.9 Å². The van der Waals surface area contributed by atoms with Crippen LogP contribution in [-0.2, 0) is 0 Å². The molecule has 2 aromatic carbocycles. The van der Waals surface area contributed by atoms with Crippen LogP contribution in [0.5, 0.6) is 5.75 Å². The van der Waals surface area contributed by atoms with Crippen LogP contribution in [0, 0.1) is 0 Å². The van der Waals surface area contributed by atoms with E-state index >= 15 is 0 Å². The van der Waals surface area contributed by atoms with Gasteiger partial charge in [0.2, 0.25) is 0 Å². The number of nitrogens with zero attached hydrogens (tertiary/aromatic N) is 4. The van der Waals surface area contributed by atoms with Crippen LogP contribution in [0.2, 0.25) is 0 Å². The molecule has 0 saturated carbocycles. The van der Waals surface area contributed by atoms with Crippen LogP contribution in [0.4, 0.5) is 24.7 Å². The molecular formula is C24H24F3N5O2. The minimum Gasteiger partial charge on any atom is -0.406 e. The quantitative estimate of drug-likeness (QED) is 0.568. The number of nitrogens with one attached hydrogen (secondary N) is 1. The molecule has 2 heterocycles. The molecule has 4 rings (SSSR count). The number of aromatic nitrogens is 2. The van der Waals surface area contributed by atoms with Gasteiger partial charge >= 0.3 is 6.36 Å².